The minimum Gasteiger partial charge on any atom is -0.478 e. The molecule has 114 valence electrons. The van der Waals surface area contributed by atoms with E-state index in [2.05, 4.69) is 10.2 Å². The van der Waals surface area contributed by atoms with Crippen LogP contribution in [0.3, 0.4) is 0 Å². The minimum absolute atomic E-state index is 0.121. The SMILES string of the molecule is O=C(O)c1ccc(NCC2CN3CCCC3CO2)cc1Cl. The maximum Gasteiger partial charge on any atom is 0.337 e. The number of nitrogens with one attached hydrogen (secondary N) is 1. The van der Waals surface area contributed by atoms with E-state index in [0.29, 0.717) is 12.6 Å². The van der Waals surface area contributed by atoms with Crippen LogP contribution in [0.4, 0.5) is 5.69 Å². The average Bonchev–Trinajstić information content (AvgIpc) is 2.92. The van der Waals surface area contributed by atoms with Gasteiger partial charge < -0.3 is 15.2 Å². The third-order valence-electron chi connectivity index (χ3n) is 4.19. The molecule has 0 bridgehead atoms. The number of carboxylic acids is 1. The molecule has 5 nitrogen and oxygen atoms in total. The number of fused-ring (bicyclic) bond motifs is 1. The van der Waals surface area contributed by atoms with Crippen LogP contribution in [0.25, 0.3) is 0 Å². The van der Waals surface area contributed by atoms with Crippen LogP contribution < -0.4 is 5.32 Å². The lowest BCUT2D eigenvalue weighted by atomic mass is 10.1. The number of hydrogen-bond acceptors (Lipinski definition) is 4. The predicted molar refractivity (Wildman–Crippen MR) is 81.2 cm³/mol. The Morgan fingerprint density at radius 1 is 1.52 bits per heavy atom. The van der Waals surface area contributed by atoms with Crippen molar-refractivity contribution in [3.8, 4) is 0 Å². The highest BCUT2D eigenvalue weighted by molar-refractivity contribution is 6.33. The zero-order valence-corrected chi connectivity index (χ0v) is 12.5. The Bertz CT molecular complexity index is 538. The summed E-state index contributed by atoms with van der Waals surface area (Å²) in [5.41, 5.74) is 0.938. The molecule has 0 aliphatic carbocycles. The van der Waals surface area contributed by atoms with E-state index < -0.39 is 5.97 Å². The van der Waals surface area contributed by atoms with Crippen LogP contribution >= 0.6 is 11.6 Å². The summed E-state index contributed by atoms with van der Waals surface area (Å²) in [6.07, 6.45) is 2.67. The maximum absolute atomic E-state index is 10.9. The number of halogens is 1. The quantitative estimate of drug-likeness (QED) is 0.893. The summed E-state index contributed by atoms with van der Waals surface area (Å²) in [6, 6.07) is 5.50. The summed E-state index contributed by atoms with van der Waals surface area (Å²) >= 11 is 5.96. The molecule has 2 heterocycles. The Labute approximate surface area is 128 Å². The van der Waals surface area contributed by atoms with Gasteiger partial charge in [0.05, 0.1) is 23.3 Å². The number of anilines is 1. The molecule has 0 amide bonds. The van der Waals surface area contributed by atoms with Crippen molar-refractivity contribution in [3.05, 3.63) is 28.8 Å². The van der Waals surface area contributed by atoms with E-state index in [1.165, 1.54) is 25.5 Å². The summed E-state index contributed by atoms with van der Waals surface area (Å²) in [4.78, 5) is 13.4. The van der Waals surface area contributed by atoms with Crippen molar-refractivity contribution in [2.75, 3.05) is 31.6 Å². The van der Waals surface area contributed by atoms with Crippen molar-refractivity contribution >= 4 is 23.3 Å². The van der Waals surface area contributed by atoms with Gasteiger partial charge in [0.15, 0.2) is 0 Å². The number of rotatable bonds is 4. The molecule has 0 aromatic heterocycles. The predicted octanol–water partition coefficient (Wildman–Crippen LogP) is 2.31. The first kappa shape index (κ1) is 14.6. The van der Waals surface area contributed by atoms with E-state index >= 15 is 0 Å². The molecule has 6 heteroatoms. The van der Waals surface area contributed by atoms with Crippen LogP contribution in [0.1, 0.15) is 23.2 Å². The molecular weight excluding hydrogens is 292 g/mol. The number of morpholine rings is 1. The molecule has 21 heavy (non-hydrogen) atoms. The first-order valence-corrected chi connectivity index (χ1v) is 7.63. The largest absolute Gasteiger partial charge is 0.478 e. The molecule has 2 atom stereocenters. The second kappa shape index (κ2) is 6.22. The molecule has 2 aliphatic heterocycles. The monoisotopic (exact) mass is 310 g/mol. The molecule has 1 aromatic rings. The fraction of sp³-hybridized carbons (Fsp3) is 0.533. The molecule has 0 saturated carbocycles. The third kappa shape index (κ3) is 3.31. The van der Waals surface area contributed by atoms with Crippen LogP contribution in [0.2, 0.25) is 5.02 Å². The lowest BCUT2D eigenvalue weighted by molar-refractivity contribution is -0.0415. The summed E-state index contributed by atoms with van der Waals surface area (Å²) in [5.74, 6) is -1.01. The molecule has 2 N–H and O–H groups in total. The van der Waals surface area contributed by atoms with E-state index in [0.717, 1.165) is 18.8 Å². The van der Waals surface area contributed by atoms with Gasteiger partial charge in [0.25, 0.3) is 0 Å². The lowest BCUT2D eigenvalue weighted by Crippen LogP contribution is -2.48. The molecule has 2 saturated heterocycles. The van der Waals surface area contributed by atoms with E-state index in [4.69, 9.17) is 21.4 Å². The Morgan fingerprint density at radius 3 is 3.14 bits per heavy atom. The average molecular weight is 311 g/mol. The molecular formula is C15H19ClN2O3. The summed E-state index contributed by atoms with van der Waals surface area (Å²) in [5, 5.41) is 12.5. The van der Waals surface area contributed by atoms with Gasteiger partial charge in [-0.25, -0.2) is 4.79 Å². The van der Waals surface area contributed by atoms with Crippen molar-refractivity contribution < 1.29 is 14.6 Å². The van der Waals surface area contributed by atoms with Crippen LogP contribution in [-0.4, -0.2) is 54.4 Å². The van der Waals surface area contributed by atoms with Gasteiger partial charge in [0.1, 0.15) is 0 Å². The van der Waals surface area contributed by atoms with Crippen molar-refractivity contribution in [3.63, 3.8) is 0 Å². The van der Waals surface area contributed by atoms with E-state index in [9.17, 15) is 4.79 Å². The first-order valence-electron chi connectivity index (χ1n) is 7.26. The summed E-state index contributed by atoms with van der Waals surface area (Å²) in [6.45, 7) is 3.64. The molecule has 3 rings (SSSR count). The number of carboxylic acid groups (broad SMARTS) is 1. The van der Waals surface area contributed by atoms with Crippen molar-refractivity contribution in [1.29, 1.82) is 0 Å². The number of aromatic carboxylic acids is 1. The van der Waals surface area contributed by atoms with Crippen molar-refractivity contribution in [2.45, 2.75) is 25.0 Å². The normalized spacial score (nSPS) is 25.6. The van der Waals surface area contributed by atoms with Gasteiger partial charge in [-0.05, 0) is 37.6 Å². The molecule has 2 fully saturated rings. The standard InChI is InChI=1S/C15H19ClN2O3/c16-14-6-10(3-4-13(14)15(19)20)17-7-12-8-18-5-1-2-11(18)9-21-12/h3-4,6,11-12,17H,1-2,5,7-9H2,(H,19,20). The zero-order chi connectivity index (χ0) is 14.8. The number of hydrogen-bond donors (Lipinski definition) is 2. The van der Waals surface area contributed by atoms with E-state index in [1.54, 1.807) is 12.1 Å². The summed E-state index contributed by atoms with van der Waals surface area (Å²) in [7, 11) is 0. The second-order valence-electron chi connectivity index (χ2n) is 5.63. The van der Waals surface area contributed by atoms with Crippen molar-refractivity contribution in [2.24, 2.45) is 0 Å². The second-order valence-corrected chi connectivity index (χ2v) is 6.03. The highest BCUT2D eigenvalue weighted by Gasteiger charge is 2.31. The summed E-state index contributed by atoms with van der Waals surface area (Å²) < 4.78 is 5.87. The van der Waals surface area contributed by atoms with Gasteiger partial charge in [0.2, 0.25) is 0 Å². The number of benzene rings is 1. The van der Waals surface area contributed by atoms with Crippen molar-refractivity contribution in [1.82, 2.24) is 4.90 Å². The fourth-order valence-electron chi connectivity index (χ4n) is 3.04. The Morgan fingerprint density at radius 2 is 2.38 bits per heavy atom. The Balaban J connectivity index is 1.55. The van der Waals surface area contributed by atoms with Crippen LogP contribution in [0, 0.1) is 0 Å². The Kier molecular flexibility index (Phi) is 4.33. The van der Waals surface area contributed by atoms with Gasteiger partial charge in [-0.2, -0.15) is 0 Å². The van der Waals surface area contributed by atoms with Gasteiger partial charge in [0, 0.05) is 24.8 Å². The minimum atomic E-state index is -1.01. The highest BCUT2D eigenvalue weighted by Crippen LogP contribution is 2.24. The highest BCUT2D eigenvalue weighted by atomic mass is 35.5. The molecule has 0 spiro atoms. The molecule has 2 aliphatic rings. The fourth-order valence-corrected chi connectivity index (χ4v) is 3.30. The number of carbonyl (C=O) groups is 1. The van der Waals surface area contributed by atoms with Gasteiger partial charge >= 0.3 is 5.97 Å². The smallest absolute Gasteiger partial charge is 0.337 e. The number of ether oxygens (including phenoxy) is 1. The van der Waals surface area contributed by atoms with E-state index in [1.807, 2.05) is 0 Å². The topological polar surface area (TPSA) is 61.8 Å². The van der Waals surface area contributed by atoms with Crippen LogP contribution in [0.5, 0.6) is 0 Å². The molecule has 0 radical (unpaired) electrons. The lowest BCUT2D eigenvalue weighted by Gasteiger charge is -2.35. The van der Waals surface area contributed by atoms with Gasteiger partial charge in [-0.3, -0.25) is 4.90 Å². The van der Waals surface area contributed by atoms with Crippen LogP contribution in [0.15, 0.2) is 18.2 Å². The van der Waals surface area contributed by atoms with Gasteiger partial charge in [-0.15, -0.1) is 0 Å². The van der Waals surface area contributed by atoms with E-state index in [-0.39, 0.29) is 16.7 Å². The molecule has 2 unspecified atom stereocenters. The Hall–Kier alpha value is -1.30. The molecule has 1 aromatic carbocycles. The van der Waals surface area contributed by atoms with Crippen LogP contribution in [-0.2, 0) is 4.74 Å². The zero-order valence-electron chi connectivity index (χ0n) is 11.7. The number of nitrogens with zero attached hydrogens (tertiary/aromatic N) is 1. The maximum atomic E-state index is 10.9. The third-order valence-corrected chi connectivity index (χ3v) is 4.51. The van der Waals surface area contributed by atoms with Gasteiger partial charge in [-0.1, -0.05) is 11.6 Å². The first-order chi connectivity index (χ1) is 10.1.